The van der Waals surface area contributed by atoms with E-state index in [-0.39, 0.29) is 6.61 Å². The molecule has 124 valence electrons. The summed E-state index contributed by atoms with van der Waals surface area (Å²) >= 11 is 0. The van der Waals surface area contributed by atoms with E-state index in [0.29, 0.717) is 11.3 Å². The van der Waals surface area contributed by atoms with Gasteiger partial charge in [-0.3, -0.25) is 14.9 Å². The first-order chi connectivity index (χ1) is 11.5. The van der Waals surface area contributed by atoms with Crippen LogP contribution in [0.15, 0.2) is 47.6 Å². The van der Waals surface area contributed by atoms with E-state index < -0.39 is 22.3 Å². The number of ether oxygens (including phenoxy) is 1. The Morgan fingerprint density at radius 1 is 1.33 bits per heavy atom. The van der Waals surface area contributed by atoms with Gasteiger partial charge in [0.05, 0.1) is 11.1 Å². The van der Waals surface area contributed by atoms with Crippen molar-refractivity contribution in [3.8, 4) is 11.5 Å². The second-order valence-corrected chi connectivity index (χ2v) is 4.83. The lowest BCUT2D eigenvalue weighted by molar-refractivity contribution is -0.398. The molecule has 0 radical (unpaired) electrons. The average Bonchev–Trinajstić information content (AvgIpc) is 2.55. The van der Waals surface area contributed by atoms with Crippen LogP contribution in [-0.2, 0) is 4.79 Å². The van der Waals surface area contributed by atoms with Crippen LogP contribution in [0.2, 0.25) is 0 Å². The first kappa shape index (κ1) is 16.9. The molecule has 0 atom stereocenters. The van der Waals surface area contributed by atoms with Gasteiger partial charge in [-0.25, -0.2) is 5.43 Å². The van der Waals surface area contributed by atoms with Crippen molar-refractivity contribution in [1.82, 2.24) is 5.43 Å². The number of benzene rings is 2. The minimum atomic E-state index is -0.770. The highest BCUT2D eigenvalue weighted by atomic mass is 16.6. The highest BCUT2D eigenvalue weighted by molar-refractivity contribution is 5.84. The van der Waals surface area contributed by atoms with Crippen molar-refractivity contribution >= 4 is 17.8 Å². The monoisotopic (exact) mass is 328 g/mol. The number of carbonyl (C=O) groups is 1. The predicted molar refractivity (Wildman–Crippen MR) is 85.0 cm³/mol. The van der Waals surface area contributed by atoms with E-state index in [1.54, 1.807) is 12.1 Å². The maximum atomic E-state index is 11.6. The van der Waals surface area contributed by atoms with Crippen molar-refractivity contribution in [2.24, 2.45) is 5.10 Å². The van der Waals surface area contributed by atoms with E-state index in [1.807, 2.05) is 19.1 Å². The van der Waals surface area contributed by atoms with Gasteiger partial charge in [-0.05, 0) is 24.3 Å². The number of rotatable bonds is 6. The van der Waals surface area contributed by atoms with Gasteiger partial charge in [0.25, 0.3) is 11.6 Å². The Kier molecular flexibility index (Phi) is 5.45. The molecule has 0 aliphatic carbocycles. The number of nitro benzene ring substituents is 1. The largest absolute Gasteiger partial charge is 0.868 e. The molecule has 0 heterocycles. The topological polar surface area (TPSA) is 117 Å². The molecule has 0 saturated heterocycles. The summed E-state index contributed by atoms with van der Waals surface area (Å²) in [5.41, 5.74) is 2.92. The lowest BCUT2D eigenvalue weighted by atomic mass is 10.2. The molecule has 2 aromatic rings. The fourth-order valence-corrected chi connectivity index (χ4v) is 1.83. The number of hydrazone groups is 1. The zero-order valence-electron chi connectivity index (χ0n) is 12.8. The van der Waals surface area contributed by atoms with Crippen molar-refractivity contribution in [2.45, 2.75) is 6.92 Å². The molecule has 0 bridgehead atoms. The third-order valence-electron chi connectivity index (χ3n) is 3.03. The molecular formula is C16H14N3O5-. The molecule has 1 N–H and O–H groups in total. The van der Waals surface area contributed by atoms with E-state index >= 15 is 0 Å². The van der Waals surface area contributed by atoms with E-state index in [1.165, 1.54) is 12.3 Å². The molecule has 0 aromatic heterocycles. The number of nitrogens with zero attached hydrogens (tertiary/aromatic N) is 2. The fraction of sp³-hybridized carbons (Fsp3) is 0.125. The lowest BCUT2D eigenvalue weighted by Gasteiger charge is -2.07. The van der Waals surface area contributed by atoms with Crippen molar-refractivity contribution in [2.75, 3.05) is 6.61 Å². The molecule has 0 spiro atoms. The highest BCUT2D eigenvalue weighted by Gasteiger charge is 2.07. The summed E-state index contributed by atoms with van der Waals surface area (Å²) < 4.78 is 5.35. The van der Waals surface area contributed by atoms with Gasteiger partial charge in [0.2, 0.25) is 0 Å². The van der Waals surface area contributed by atoms with Gasteiger partial charge in [-0.1, -0.05) is 30.3 Å². The Bertz CT molecular complexity index is 789. The minimum Gasteiger partial charge on any atom is -0.868 e. The lowest BCUT2D eigenvalue weighted by Crippen LogP contribution is -2.24. The summed E-state index contributed by atoms with van der Waals surface area (Å²) in [6.07, 6.45) is 1.21. The summed E-state index contributed by atoms with van der Waals surface area (Å²) in [7, 11) is 0. The Balaban J connectivity index is 1.90. The maximum absolute atomic E-state index is 11.6. The Labute approximate surface area is 137 Å². The number of nitrogens with one attached hydrogen (secondary N) is 1. The molecule has 8 heteroatoms. The number of nitro groups is 1. The fourth-order valence-electron chi connectivity index (χ4n) is 1.83. The van der Waals surface area contributed by atoms with Gasteiger partial charge in [0.15, 0.2) is 6.61 Å². The van der Waals surface area contributed by atoms with Crippen molar-refractivity contribution < 1.29 is 19.6 Å². The molecule has 0 aliphatic heterocycles. The summed E-state index contributed by atoms with van der Waals surface area (Å²) in [5, 5.41) is 25.6. The third kappa shape index (κ3) is 4.54. The van der Waals surface area contributed by atoms with Crippen LogP contribution in [0.3, 0.4) is 0 Å². The Hall–Kier alpha value is -3.42. The molecule has 24 heavy (non-hydrogen) atoms. The number of aryl methyl sites for hydroxylation is 1. The van der Waals surface area contributed by atoms with E-state index in [9.17, 15) is 20.0 Å². The highest BCUT2D eigenvalue weighted by Crippen LogP contribution is 2.22. The second-order valence-electron chi connectivity index (χ2n) is 4.83. The molecule has 1 amide bonds. The van der Waals surface area contributed by atoms with Gasteiger partial charge in [-0.2, -0.15) is 5.10 Å². The van der Waals surface area contributed by atoms with Crippen LogP contribution in [0.4, 0.5) is 5.69 Å². The van der Waals surface area contributed by atoms with Crippen molar-refractivity contribution in [3.05, 3.63) is 63.7 Å². The molecule has 0 fully saturated rings. The molecular weight excluding hydrogens is 314 g/mol. The van der Waals surface area contributed by atoms with Crippen molar-refractivity contribution in [3.63, 3.8) is 0 Å². The van der Waals surface area contributed by atoms with Gasteiger partial charge in [0.1, 0.15) is 5.75 Å². The van der Waals surface area contributed by atoms with Gasteiger partial charge < -0.3 is 9.84 Å². The normalized spacial score (nSPS) is 10.5. The predicted octanol–water partition coefficient (Wildman–Crippen LogP) is 1.51. The molecule has 8 nitrogen and oxygen atoms in total. The Morgan fingerprint density at radius 3 is 2.79 bits per heavy atom. The first-order valence-electron chi connectivity index (χ1n) is 6.93. The zero-order valence-corrected chi connectivity index (χ0v) is 12.8. The number of para-hydroxylation sites is 1. The van der Waals surface area contributed by atoms with Crippen LogP contribution >= 0.6 is 0 Å². The van der Waals surface area contributed by atoms with E-state index in [0.717, 1.165) is 17.7 Å². The van der Waals surface area contributed by atoms with Crippen LogP contribution in [0, 0.1) is 17.0 Å². The van der Waals surface area contributed by atoms with Gasteiger partial charge >= 0.3 is 0 Å². The van der Waals surface area contributed by atoms with Gasteiger partial charge in [0, 0.05) is 11.6 Å². The van der Waals surface area contributed by atoms with Crippen LogP contribution in [-0.4, -0.2) is 23.7 Å². The molecule has 0 aliphatic rings. The SMILES string of the molecule is Cc1ccccc1OCC(=O)N/N=C\c1ccc([O-])c([N+](=O)[O-])c1. The van der Waals surface area contributed by atoms with E-state index in [2.05, 4.69) is 10.5 Å². The zero-order chi connectivity index (χ0) is 17.5. The second kappa shape index (κ2) is 7.73. The number of hydrogen-bond acceptors (Lipinski definition) is 6. The van der Waals surface area contributed by atoms with Gasteiger partial charge in [-0.15, -0.1) is 0 Å². The van der Waals surface area contributed by atoms with Crippen LogP contribution in [0.5, 0.6) is 11.5 Å². The van der Waals surface area contributed by atoms with E-state index in [4.69, 9.17) is 4.74 Å². The molecule has 0 unspecified atom stereocenters. The summed E-state index contributed by atoms with van der Waals surface area (Å²) in [5.74, 6) is -0.574. The average molecular weight is 328 g/mol. The summed E-state index contributed by atoms with van der Waals surface area (Å²) in [6.45, 7) is 1.64. The van der Waals surface area contributed by atoms with Crippen LogP contribution in [0.1, 0.15) is 11.1 Å². The Morgan fingerprint density at radius 2 is 2.08 bits per heavy atom. The summed E-state index contributed by atoms with van der Waals surface area (Å²) in [4.78, 5) is 21.5. The quantitative estimate of drug-likeness (QED) is 0.490. The van der Waals surface area contributed by atoms with Crippen LogP contribution in [0.25, 0.3) is 0 Å². The standard InChI is InChI=1S/C16H15N3O5/c1-11-4-2-3-5-15(11)24-10-16(21)18-17-9-12-6-7-14(20)13(8-12)19(22)23/h2-9,20H,10H2,1H3,(H,18,21)/p-1/b17-9-. The smallest absolute Gasteiger partial charge is 0.277 e. The number of hydrogen-bond donors (Lipinski definition) is 1. The number of carbonyl (C=O) groups excluding carboxylic acids is 1. The van der Waals surface area contributed by atoms with Crippen molar-refractivity contribution in [1.29, 1.82) is 0 Å². The third-order valence-corrected chi connectivity index (χ3v) is 3.03. The molecule has 2 aromatic carbocycles. The number of amides is 1. The summed E-state index contributed by atoms with van der Waals surface area (Å²) in [6, 6.07) is 10.8. The first-order valence-corrected chi connectivity index (χ1v) is 6.93. The molecule has 2 rings (SSSR count). The maximum Gasteiger partial charge on any atom is 0.277 e. The minimum absolute atomic E-state index is 0.220. The van der Waals surface area contributed by atoms with Crippen LogP contribution < -0.4 is 15.3 Å². The molecule has 0 saturated carbocycles.